The number of halogens is 1. The number of esters is 1. The molecule has 0 aromatic heterocycles. The Hall–Kier alpha value is -1.62. The molecular weight excluding hydrogens is 316 g/mol. The van der Waals surface area contributed by atoms with Crippen molar-refractivity contribution in [3.05, 3.63) is 28.8 Å². The highest BCUT2D eigenvalue weighted by molar-refractivity contribution is 7.89. The number of rotatable bonds is 3. The van der Waals surface area contributed by atoms with E-state index >= 15 is 0 Å². The Morgan fingerprint density at radius 2 is 2.24 bits per heavy atom. The van der Waals surface area contributed by atoms with E-state index < -0.39 is 21.9 Å². The lowest BCUT2D eigenvalue weighted by Gasteiger charge is -2.16. The first-order valence-corrected chi connectivity index (χ1v) is 7.99. The van der Waals surface area contributed by atoms with E-state index in [0.717, 1.165) is 0 Å². The zero-order valence-corrected chi connectivity index (χ0v) is 12.8. The van der Waals surface area contributed by atoms with Crippen LogP contribution in [0.4, 0.5) is 0 Å². The summed E-state index contributed by atoms with van der Waals surface area (Å²) in [5, 5.41) is 8.89. The predicted octanol–water partition coefficient (Wildman–Crippen LogP) is 1.40. The summed E-state index contributed by atoms with van der Waals surface area (Å²) in [7, 11) is -2.45. The molecule has 1 aromatic rings. The maximum absolute atomic E-state index is 12.5. The van der Waals surface area contributed by atoms with Gasteiger partial charge in [0.25, 0.3) is 0 Å². The van der Waals surface area contributed by atoms with E-state index in [1.807, 2.05) is 6.07 Å². The molecule has 0 saturated carbocycles. The standard InChI is InChI=1S/C13H13ClN2O4S/c1-20-13(17)10-4-5-16(8-10)21(18,19)11-3-2-9(7-15)12(14)6-11/h2-3,6,10H,4-5,8H2,1H3. The number of nitriles is 1. The second-order valence-corrected chi connectivity index (χ2v) is 6.97. The van der Waals surface area contributed by atoms with Gasteiger partial charge in [0, 0.05) is 13.1 Å². The monoisotopic (exact) mass is 328 g/mol. The minimum atomic E-state index is -3.73. The third-order valence-corrected chi connectivity index (χ3v) is 5.56. The van der Waals surface area contributed by atoms with Crippen LogP contribution < -0.4 is 0 Å². The summed E-state index contributed by atoms with van der Waals surface area (Å²) in [5.74, 6) is -0.857. The molecule has 6 nitrogen and oxygen atoms in total. The molecule has 2 rings (SSSR count). The first-order chi connectivity index (χ1) is 9.90. The van der Waals surface area contributed by atoms with E-state index in [0.29, 0.717) is 6.42 Å². The molecule has 0 spiro atoms. The zero-order chi connectivity index (χ0) is 15.6. The molecule has 1 unspecified atom stereocenters. The summed E-state index contributed by atoms with van der Waals surface area (Å²) in [5.41, 5.74) is 0.212. The molecule has 1 heterocycles. The van der Waals surface area contributed by atoms with Gasteiger partial charge in [-0.3, -0.25) is 4.79 Å². The fourth-order valence-corrected chi connectivity index (χ4v) is 4.02. The zero-order valence-electron chi connectivity index (χ0n) is 11.2. The number of ether oxygens (including phenoxy) is 1. The fraction of sp³-hybridized carbons (Fsp3) is 0.385. The van der Waals surface area contributed by atoms with E-state index in [1.54, 1.807) is 0 Å². The van der Waals surface area contributed by atoms with Crippen LogP contribution in [0.1, 0.15) is 12.0 Å². The van der Waals surface area contributed by atoms with Gasteiger partial charge in [-0.15, -0.1) is 0 Å². The van der Waals surface area contributed by atoms with Crippen molar-refractivity contribution >= 4 is 27.6 Å². The van der Waals surface area contributed by atoms with E-state index in [4.69, 9.17) is 16.9 Å². The number of carbonyl (C=O) groups is 1. The van der Waals surface area contributed by atoms with E-state index in [2.05, 4.69) is 4.74 Å². The molecule has 0 amide bonds. The van der Waals surface area contributed by atoms with Crippen molar-refractivity contribution in [3.8, 4) is 6.07 Å². The summed E-state index contributed by atoms with van der Waals surface area (Å²) in [4.78, 5) is 11.5. The molecule has 1 aromatic carbocycles. The van der Waals surface area contributed by atoms with Gasteiger partial charge in [0.05, 0.1) is 28.5 Å². The quantitative estimate of drug-likeness (QED) is 0.782. The van der Waals surface area contributed by atoms with Gasteiger partial charge < -0.3 is 4.74 Å². The summed E-state index contributed by atoms with van der Waals surface area (Å²) < 4.78 is 30.8. The Balaban J connectivity index is 2.26. The maximum Gasteiger partial charge on any atom is 0.310 e. The SMILES string of the molecule is COC(=O)C1CCN(S(=O)(=O)c2ccc(C#N)c(Cl)c2)C1. The summed E-state index contributed by atoms with van der Waals surface area (Å²) in [6, 6.07) is 5.83. The van der Waals surface area contributed by atoms with Crippen molar-refractivity contribution in [3.63, 3.8) is 0 Å². The lowest BCUT2D eigenvalue weighted by atomic mass is 10.1. The molecule has 0 aliphatic carbocycles. The second kappa shape index (κ2) is 6.02. The number of hydrogen-bond donors (Lipinski definition) is 0. The third kappa shape index (κ3) is 3.02. The van der Waals surface area contributed by atoms with Crippen molar-refractivity contribution in [2.24, 2.45) is 5.92 Å². The molecule has 0 radical (unpaired) electrons. The Labute approximate surface area is 127 Å². The molecule has 1 fully saturated rings. The Kier molecular flexibility index (Phi) is 4.52. The van der Waals surface area contributed by atoms with Crippen LogP contribution in [-0.2, 0) is 19.6 Å². The van der Waals surface area contributed by atoms with Gasteiger partial charge in [-0.05, 0) is 24.6 Å². The molecular formula is C13H13ClN2O4S. The molecule has 8 heteroatoms. The lowest BCUT2D eigenvalue weighted by molar-refractivity contribution is -0.144. The van der Waals surface area contributed by atoms with Gasteiger partial charge in [-0.1, -0.05) is 11.6 Å². The minimum absolute atomic E-state index is 0.0111. The highest BCUT2D eigenvalue weighted by atomic mass is 35.5. The predicted molar refractivity (Wildman–Crippen MR) is 75.0 cm³/mol. The number of carbonyl (C=O) groups excluding carboxylic acids is 1. The molecule has 1 aliphatic rings. The number of sulfonamides is 1. The number of benzene rings is 1. The normalized spacial score (nSPS) is 19.2. The van der Waals surface area contributed by atoms with Crippen LogP contribution in [0.25, 0.3) is 0 Å². The Bertz CT molecular complexity index is 711. The van der Waals surface area contributed by atoms with Crippen LogP contribution >= 0.6 is 11.6 Å². The molecule has 1 aliphatic heterocycles. The average Bonchev–Trinajstić information content (AvgIpc) is 2.96. The number of nitrogens with zero attached hydrogens (tertiary/aromatic N) is 2. The summed E-state index contributed by atoms with van der Waals surface area (Å²) in [6.07, 6.45) is 0.427. The van der Waals surface area contributed by atoms with Crippen molar-refractivity contribution in [1.29, 1.82) is 5.26 Å². The minimum Gasteiger partial charge on any atom is -0.469 e. The van der Waals surface area contributed by atoms with Crippen LogP contribution in [0.5, 0.6) is 0 Å². The van der Waals surface area contributed by atoms with Crippen LogP contribution in [0.3, 0.4) is 0 Å². The van der Waals surface area contributed by atoms with Gasteiger partial charge >= 0.3 is 5.97 Å². The average molecular weight is 329 g/mol. The molecule has 112 valence electrons. The van der Waals surface area contributed by atoms with E-state index in [9.17, 15) is 13.2 Å². The molecule has 0 bridgehead atoms. The molecule has 1 saturated heterocycles. The molecule has 1 atom stereocenters. The van der Waals surface area contributed by atoms with E-state index in [-0.39, 0.29) is 28.6 Å². The number of hydrogen-bond acceptors (Lipinski definition) is 5. The van der Waals surface area contributed by atoms with Gasteiger partial charge in [0.2, 0.25) is 10.0 Å². The fourth-order valence-electron chi connectivity index (χ4n) is 2.20. The van der Waals surface area contributed by atoms with Crippen molar-refractivity contribution in [1.82, 2.24) is 4.31 Å². The first-order valence-electron chi connectivity index (χ1n) is 6.17. The van der Waals surface area contributed by atoms with Gasteiger partial charge in [-0.2, -0.15) is 9.57 Å². The largest absolute Gasteiger partial charge is 0.469 e. The second-order valence-electron chi connectivity index (χ2n) is 4.63. The van der Waals surface area contributed by atoms with Crippen molar-refractivity contribution in [2.45, 2.75) is 11.3 Å². The number of methoxy groups -OCH3 is 1. The summed E-state index contributed by atoms with van der Waals surface area (Å²) in [6.45, 7) is 0.340. The Morgan fingerprint density at radius 3 is 2.81 bits per heavy atom. The van der Waals surface area contributed by atoms with Gasteiger partial charge in [-0.25, -0.2) is 8.42 Å². The van der Waals surface area contributed by atoms with E-state index in [1.165, 1.54) is 29.6 Å². The van der Waals surface area contributed by atoms with Crippen LogP contribution in [0, 0.1) is 17.2 Å². The topological polar surface area (TPSA) is 87.5 Å². The van der Waals surface area contributed by atoms with Crippen LogP contribution in [0.15, 0.2) is 23.1 Å². The first kappa shape index (κ1) is 15.8. The third-order valence-electron chi connectivity index (χ3n) is 3.38. The smallest absolute Gasteiger partial charge is 0.310 e. The highest BCUT2D eigenvalue weighted by Crippen LogP contribution is 2.27. The lowest BCUT2D eigenvalue weighted by Crippen LogP contribution is -2.30. The van der Waals surface area contributed by atoms with Gasteiger partial charge in [0.15, 0.2) is 0 Å². The van der Waals surface area contributed by atoms with Crippen LogP contribution in [-0.4, -0.2) is 38.9 Å². The summed E-state index contributed by atoms with van der Waals surface area (Å²) >= 11 is 5.86. The Morgan fingerprint density at radius 1 is 1.52 bits per heavy atom. The van der Waals surface area contributed by atoms with Crippen molar-refractivity contribution < 1.29 is 17.9 Å². The maximum atomic E-state index is 12.5. The molecule has 0 N–H and O–H groups in total. The highest BCUT2D eigenvalue weighted by Gasteiger charge is 2.36. The van der Waals surface area contributed by atoms with Crippen molar-refractivity contribution in [2.75, 3.05) is 20.2 Å². The molecule has 21 heavy (non-hydrogen) atoms. The van der Waals surface area contributed by atoms with Gasteiger partial charge in [0.1, 0.15) is 6.07 Å². The van der Waals surface area contributed by atoms with Crippen LogP contribution in [0.2, 0.25) is 5.02 Å².